The lowest BCUT2D eigenvalue weighted by atomic mass is 10.0. The topological polar surface area (TPSA) is 70.9 Å². The van der Waals surface area contributed by atoms with E-state index >= 15 is 0 Å². The summed E-state index contributed by atoms with van der Waals surface area (Å²) in [4.78, 5) is 6.52. The lowest BCUT2D eigenvalue weighted by Crippen LogP contribution is -2.55. The van der Waals surface area contributed by atoms with Crippen molar-refractivity contribution >= 4 is 17.0 Å². The molecule has 0 radical (unpaired) electrons. The van der Waals surface area contributed by atoms with Crippen molar-refractivity contribution in [2.24, 2.45) is 5.73 Å². The minimum absolute atomic E-state index is 0.0592. The summed E-state index contributed by atoms with van der Waals surface area (Å²) in [5, 5.41) is 8.96. The van der Waals surface area contributed by atoms with Crippen LogP contribution in [0.3, 0.4) is 0 Å². The molecular formula is C20H19F2N5. The number of alkyl halides is 2. The van der Waals surface area contributed by atoms with Crippen LogP contribution in [0.2, 0.25) is 0 Å². The Labute approximate surface area is 155 Å². The van der Waals surface area contributed by atoms with E-state index in [0.29, 0.717) is 18.1 Å². The van der Waals surface area contributed by atoms with Gasteiger partial charge in [0.15, 0.2) is 0 Å². The van der Waals surface area contributed by atoms with E-state index in [4.69, 9.17) is 11.0 Å². The van der Waals surface area contributed by atoms with Crippen molar-refractivity contribution in [3.05, 3.63) is 59.7 Å². The zero-order chi connectivity index (χ0) is 19.0. The Bertz CT molecular complexity index is 1000. The van der Waals surface area contributed by atoms with Crippen LogP contribution in [0.1, 0.15) is 17.5 Å². The Morgan fingerprint density at radius 2 is 1.93 bits per heavy atom. The maximum absolute atomic E-state index is 13.8. The predicted molar refractivity (Wildman–Crippen MR) is 99.7 cm³/mol. The van der Waals surface area contributed by atoms with E-state index in [-0.39, 0.29) is 19.5 Å². The minimum atomic E-state index is -2.85. The van der Waals surface area contributed by atoms with Crippen molar-refractivity contribution in [2.45, 2.75) is 24.9 Å². The highest BCUT2D eigenvalue weighted by Gasteiger charge is 2.42. The Hall–Kier alpha value is -2.98. The first-order chi connectivity index (χ1) is 13.0. The first-order valence-electron chi connectivity index (χ1n) is 8.80. The van der Waals surface area contributed by atoms with E-state index in [1.165, 1.54) is 0 Å². The molecule has 5 nitrogen and oxygen atoms in total. The molecule has 1 aliphatic heterocycles. The van der Waals surface area contributed by atoms with Gasteiger partial charge in [0.2, 0.25) is 5.95 Å². The van der Waals surface area contributed by atoms with Crippen LogP contribution in [0.25, 0.3) is 11.0 Å². The van der Waals surface area contributed by atoms with E-state index in [1.807, 2.05) is 45.9 Å². The Morgan fingerprint density at radius 1 is 1.19 bits per heavy atom. The van der Waals surface area contributed by atoms with Gasteiger partial charge in [0, 0.05) is 19.5 Å². The lowest BCUT2D eigenvalue weighted by Gasteiger charge is -2.37. The summed E-state index contributed by atoms with van der Waals surface area (Å²) >= 11 is 0. The van der Waals surface area contributed by atoms with Gasteiger partial charge in [-0.2, -0.15) is 5.26 Å². The third kappa shape index (κ3) is 3.24. The summed E-state index contributed by atoms with van der Waals surface area (Å²) in [6.07, 6.45) is -0.283. The average Bonchev–Trinajstić information content (AvgIpc) is 3.03. The zero-order valence-corrected chi connectivity index (χ0v) is 14.6. The number of aromatic nitrogens is 2. The van der Waals surface area contributed by atoms with Crippen molar-refractivity contribution in [1.29, 1.82) is 5.26 Å². The zero-order valence-electron chi connectivity index (χ0n) is 14.6. The quantitative estimate of drug-likeness (QED) is 0.772. The first-order valence-corrected chi connectivity index (χ1v) is 8.80. The highest BCUT2D eigenvalue weighted by Crippen LogP contribution is 2.31. The molecule has 0 aliphatic carbocycles. The van der Waals surface area contributed by atoms with Crippen LogP contribution in [0.5, 0.6) is 0 Å². The summed E-state index contributed by atoms with van der Waals surface area (Å²) in [5.41, 5.74) is 9.06. The van der Waals surface area contributed by atoms with Gasteiger partial charge in [-0.3, -0.25) is 0 Å². The third-order valence-electron chi connectivity index (χ3n) is 5.02. The van der Waals surface area contributed by atoms with Crippen LogP contribution in [-0.4, -0.2) is 34.6 Å². The van der Waals surface area contributed by atoms with Crippen molar-refractivity contribution in [1.82, 2.24) is 9.55 Å². The number of benzene rings is 2. The molecule has 2 aromatic carbocycles. The predicted octanol–water partition coefficient (Wildman–Crippen LogP) is 3.13. The van der Waals surface area contributed by atoms with Crippen LogP contribution in [0, 0.1) is 11.3 Å². The Balaban J connectivity index is 1.72. The lowest BCUT2D eigenvalue weighted by molar-refractivity contribution is -0.0395. The smallest absolute Gasteiger partial charge is 0.266 e. The number of rotatable bonds is 3. The molecule has 2 N–H and O–H groups in total. The number of hydrogen-bond acceptors (Lipinski definition) is 4. The molecule has 4 rings (SSSR count). The molecule has 0 unspecified atom stereocenters. The van der Waals surface area contributed by atoms with Crippen LogP contribution in [0.15, 0.2) is 48.5 Å². The summed E-state index contributed by atoms with van der Waals surface area (Å²) in [7, 11) is 0. The summed E-state index contributed by atoms with van der Waals surface area (Å²) in [6.45, 7) is 0.796. The van der Waals surface area contributed by atoms with Crippen LogP contribution < -0.4 is 10.6 Å². The third-order valence-corrected chi connectivity index (χ3v) is 5.02. The monoisotopic (exact) mass is 367 g/mol. The molecule has 0 amide bonds. The molecular weight excluding hydrogens is 348 g/mol. The van der Waals surface area contributed by atoms with Crippen molar-refractivity contribution in [3.8, 4) is 6.07 Å². The van der Waals surface area contributed by atoms with Gasteiger partial charge in [-0.05, 0) is 29.8 Å². The van der Waals surface area contributed by atoms with Crippen LogP contribution in [0.4, 0.5) is 14.7 Å². The fourth-order valence-corrected chi connectivity index (χ4v) is 3.44. The second-order valence-electron chi connectivity index (χ2n) is 6.86. The number of nitrogens with two attached hydrogens (primary N) is 1. The van der Waals surface area contributed by atoms with Crippen molar-refractivity contribution in [2.75, 3.05) is 18.0 Å². The molecule has 7 heteroatoms. The molecule has 2 heterocycles. The summed E-state index contributed by atoms with van der Waals surface area (Å²) in [5.74, 6) is -2.20. The summed E-state index contributed by atoms with van der Waals surface area (Å²) < 4.78 is 29.6. The van der Waals surface area contributed by atoms with Gasteiger partial charge < -0.3 is 15.2 Å². The van der Waals surface area contributed by atoms with Gasteiger partial charge >= 0.3 is 0 Å². The number of anilines is 1. The summed E-state index contributed by atoms with van der Waals surface area (Å²) in [6, 6.07) is 15.9. The number of halogens is 2. The SMILES string of the molecule is N#Cc1ccc(Cn2c(N3CCC(F)(F)[C@H](N)C3)nc3ccccc32)cc1. The number of hydrogen-bond donors (Lipinski definition) is 1. The van der Waals surface area contributed by atoms with Gasteiger partial charge in [-0.15, -0.1) is 0 Å². The molecule has 0 bridgehead atoms. The molecule has 0 spiro atoms. The number of imidazole rings is 1. The molecule has 0 saturated carbocycles. The average molecular weight is 367 g/mol. The van der Waals surface area contributed by atoms with Crippen LogP contribution in [-0.2, 0) is 6.54 Å². The van der Waals surface area contributed by atoms with Crippen LogP contribution >= 0.6 is 0 Å². The van der Waals surface area contributed by atoms with E-state index < -0.39 is 12.0 Å². The molecule has 1 atom stereocenters. The van der Waals surface area contributed by atoms with E-state index in [1.54, 1.807) is 12.1 Å². The largest absolute Gasteiger partial charge is 0.340 e. The molecule has 27 heavy (non-hydrogen) atoms. The molecule has 138 valence electrons. The van der Waals surface area contributed by atoms with E-state index in [0.717, 1.165) is 16.6 Å². The van der Waals surface area contributed by atoms with Gasteiger partial charge in [0.1, 0.15) is 0 Å². The Kier molecular flexibility index (Phi) is 4.28. The number of fused-ring (bicyclic) bond motifs is 1. The van der Waals surface area contributed by atoms with E-state index in [2.05, 4.69) is 11.1 Å². The number of nitrogens with zero attached hydrogens (tertiary/aromatic N) is 4. The van der Waals surface area contributed by atoms with Gasteiger partial charge in [-0.1, -0.05) is 24.3 Å². The first kappa shape index (κ1) is 17.4. The van der Waals surface area contributed by atoms with E-state index in [9.17, 15) is 8.78 Å². The van der Waals surface area contributed by atoms with Gasteiger partial charge in [0.25, 0.3) is 5.92 Å². The normalized spacial score (nSPS) is 19.2. The molecule has 1 aromatic heterocycles. The molecule has 1 saturated heterocycles. The molecule has 1 fully saturated rings. The van der Waals surface area contributed by atoms with Crippen molar-refractivity contribution < 1.29 is 8.78 Å². The second kappa shape index (κ2) is 6.63. The Morgan fingerprint density at radius 3 is 2.63 bits per heavy atom. The minimum Gasteiger partial charge on any atom is -0.340 e. The maximum atomic E-state index is 13.8. The highest BCUT2D eigenvalue weighted by molar-refractivity contribution is 5.79. The number of para-hydroxylation sites is 2. The standard InChI is InChI=1S/C20H19F2N5/c21-20(22)9-10-26(13-18(20)24)19-25-16-3-1-2-4-17(16)27(19)12-15-7-5-14(11-23)6-8-15/h1-8,18H,9-10,12-13,24H2/t18-/m1/s1. The fourth-order valence-electron chi connectivity index (χ4n) is 3.44. The fraction of sp³-hybridized carbons (Fsp3) is 0.300. The number of piperidine rings is 1. The molecule has 1 aliphatic rings. The second-order valence-corrected chi connectivity index (χ2v) is 6.86. The van der Waals surface area contributed by atoms with Gasteiger partial charge in [-0.25, -0.2) is 13.8 Å². The molecule has 3 aromatic rings. The highest BCUT2D eigenvalue weighted by atomic mass is 19.3. The maximum Gasteiger partial charge on any atom is 0.266 e. The number of nitriles is 1. The van der Waals surface area contributed by atoms with Crippen molar-refractivity contribution in [3.63, 3.8) is 0 Å². The van der Waals surface area contributed by atoms with Gasteiger partial charge in [0.05, 0.1) is 35.3 Å².